The first-order valence-corrected chi connectivity index (χ1v) is 10.8. The molecule has 154 valence electrons. The van der Waals surface area contributed by atoms with Crippen LogP contribution < -0.4 is 4.74 Å². The molecule has 0 aliphatic carbocycles. The predicted octanol–water partition coefficient (Wildman–Crippen LogP) is 4.06. The smallest absolute Gasteiger partial charge is 0.254 e. The molecule has 5 nitrogen and oxygen atoms in total. The van der Waals surface area contributed by atoms with Gasteiger partial charge in [0.2, 0.25) is 0 Å². The summed E-state index contributed by atoms with van der Waals surface area (Å²) >= 11 is 0. The number of likely N-dealkylation sites (tertiary alicyclic amines) is 2. The lowest BCUT2D eigenvalue weighted by Gasteiger charge is -2.30. The van der Waals surface area contributed by atoms with E-state index in [4.69, 9.17) is 4.74 Å². The predicted molar refractivity (Wildman–Crippen MR) is 114 cm³/mol. The Morgan fingerprint density at radius 1 is 1.10 bits per heavy atom. The Morgan fingerprint density at radius 3 is 2.62 bits per heavy atom. The molecule has 29 heavy (non-hydrogen) atoms. The maximum Gasteiger partial charge on any atom is 0.254 e. The van der Waals surface area contributed by atoms with Crippen LogP contribution in [0.25, 0.3) is 0 Å². The molecule has 4 rings (SSSR count). The Morgan fingerprint density at radius 2 is 1.90 bits per heavy atom. The number of benzene rings is 1. The summed E-state index contributed by atoms with van der Waals surface area (Å²) in [7, 11) is 0. The number of amides is 1. The maximum absolute atomic E-state index is 13.1. The number of carbonyl (C=O) groups excluding carboxylic acids is 1. The van der Waals surface area contributed by atoms with E-state index in [1.165, 1.54) is 19.4 Å². The van der Waals surface area contributed by atoms with Crippen molar-refractivity contribution in [3.8, 4) is 5.75 Å². The number of ether oxygens (including phenoxy) is 1. The lowest BCUT2D eigenvalue weighted by atomic mass is 10.1. The second-order valence-electron chi connectivity index (χ2n) is 8.36. The molecule has 2 atom stereocenters. The summed E-state index contributed by atoms with van der Waals surface area (Å²) in [5.74, 6) is 0.903. The third-order valence-electron chi connectivity index (χ3n) is 6.21. The Labute approximate surface area is 173 Å². The highest BCUT2D eigenvalue weighted by Gasteiger charge is 2.32. The maximum atomic E-state index is 13.1. The van der Waals surface area contributed by atoms with Crippen molar-refractivity contribution >= 4 is 5.91 Å². The third kappa shape index (κ3) is 4.78. The van der Waals surface area contributed by atoms with Crippen LogP contribution in [-0.2, 0) is 6.61 Å². The fraction of sp³-hybridized carbons (Fsp3) is 0.500. The van der Waals surface area contributed by atoms with Crippen molar-refractivity contribution in [2.75, 3.05) is 19.6 Å². The zero-order valence-corrected chi connectivity index (χ0v) is 17.5. The highest BCUT2D eigenvalue weighted by Crippen LogP contribution is 2.25. The minimum Gasteiger partial charge on any atom is -0.487 e. The summed E-state index contributed by atoms with van der Waals surface area (Å²) in [6.07, 6.45) is 4.77. The van der Waals surface area contributed by atoms with E-state index >= 15 is 0 Å². The van der Waals surface area contributed by atoms with Gasteiger partial charge in [0.05, 0.1) is 5.69 Å². The largest absolute Gasteiger partial charge is 0.487 e. The Balaban J connectivity index is 1.35. The molecule has 2 aliphatic rings. The van der Waals surface area contributed by atoms with Crippen molar-refractivity contribution in [3.63, 3.8) is 0 Å². The summed E-state index contributed by atoms with van der Waals surface area (Å²) in [6, 6.07) is 14.4. The molecule has 0 saturated carbocycles. The number of aromatic nitrogens is 1. The number of aryl methyl sites for hydroxylation is 1. The molecule has 0 spiro atoms. The highest BCUT2D eigenvalue weighted by molar-refractivity contribution is 5.94. The van der Waals surface area contributed by atoms with Crippen molar-refractivity contribution in [1.29, 1.82) is 0 Å². The van der Waals surface area contributed by atoms with E-state index in [-0.39, 0.29) is 5.91 Å². The third-order valence-corrected chi connectivity index (χ3v) is 6.21. The summed E-state index contributed by atoms with van der Waals surface area (Å²) in [6.45, 7) is 7.75. The van der Waals surface area contributed by atoms with Gasteiger partial charge in [-0.3, -0.25) is 14.7 Å². The molecule has 1 unspecified atom stereocenters. The van der Waals surface area contributed by atoms with Crippen molar-refractivity contribution in [2.45, 2.75) is 58.2 Å². The van der Waals surface area contributed by atoms with Crippen molar-refractivity contribution in [3.05, 3.63) is 59.4 Å². The van der Waals surface area contributed by atoms with Crippen LogP contribution in [0.1, 0.15) is 54.4 Å². The summed E-state index contributed by atoms with van der Waals surface area (Å²) in [5.41, 5.74) is 2.63. The Hall–Kier alpha value is -2.40. The fourth-order valence-electron chi connectivity index (χ4n) is 4.52. The molecule has 2 aromatic rings. The molecular weight excluding hydrogens is 362 g/mol. The molecule has 5 heteroatoms. The molecule has 0 bridgehead atoms. The van der Waals surface area contributed by atoms with Crippen molar-refractivity contribution in [2.24, 2.45) is 0 Å². The van der Waals surface area contributed by atoms with Crippen LogP contribution in [0.5, 0.6) is 5.75 Å². The molecule has 1 aromatic carbocycles. The molecule has 2 fully saturated rings. The van der Waals surface area contributed by atoms with Gasteiger partial charge in [0.1, 0.15) is 12.4 Å². The van der Waals surface area contributed by atoms with Gasteiger partial charge in [-0.05, 0) is 82.5 Å². The zero-order valence-electron chi connectivity index (χ0n) is 17.5. The van der Waals surface area contributed by atoms with E-state index in [9.17, 15) is 4.79 Å². The number of pyridine rings is 1. The van der Waals surface area contributed by atoms with Gasteiger partial charge in [-0.2, -0.15) is 0 Å². The van der Waals surface area contributed by atoms with Gasteiger partial charge in [-0.1, -0.05) is 6.07 Å². The molecule has 2 aliphatic heterocycles. The van der Waals surface area contributed by atoms with Gasteiger partial charge < -0.3 is 9.64 Å². The first kappa shape index (κ1) is 19.9. The quantitative estimate of drug-likeness (QED) is 0.743. The SMILES string of the molecule is Cc1cccc(COc2ccc(C(=O)N3CCCC3CN3CCC[C@@H]3C)cc2)n1. The van der Waals surface area contributed by atoms with E-state index < -0.39 is 0 Å². The monoisotopic (exact) mass is 393 g/mol. The molecule has 1 amide bonds. The first-order chi connectivity index (χ1) is 14.1. The second kappa shape index (κ2) is 8.95. The van der Waals surface area contributed by atoms with E-state index in [2.05, 4.69) is 21.7 Å². The average Bonchev–Trinajstić information content (AvgIpc) is 3.36. The lowest BCUT2D eigenvalue weighted by Crippen LogP contribution is -2.44. The van der Waals surface area contributed by atoms with Crippen LogP contribution in [0.15, 0.2) is 42.5 Å². The number of hydrogen-bond donors (Lipinski definition) is 0. The normalized spacial score (nSPS) is 22.2. The second-order valence-corrected chi connectivity index (χ2v) is 8.36. The lowest BCUT2D eigenvalue weighted by molar-refractivity contribution is 0.0696. The number of hydrogen-bond acceptors (Lipinski definition) is 4. The van der Waals surface area contributed by atoms with Crippen LogP contribution in [-0.4, -0.2) is 52.4 Å². The van der Waals surface area contributed by atoms with Crippen LogP contribution in [0, 0.1) is 6.92 Å². The summed E-state index contributed by atoms with van der Waals surface area (Å²) in [5, 5.41) is 0. The molecule has 2 saturated heterocycles. The number of nitrogens with zero attached hydrogens (tertiary/aromatic N) is 3. The number of rotatable bonds is 6. The van der Waals surface area contributed by atoms with Gasteiger partial charge in [-0.15, -0.1) is 0 Å². The van der Waals surface area contributed by atoms with E-state index in [1.54, 1.807) is 0 Å². The molecule has 0 N–H and O–H groups in total. The van der Waals surface area contributed by atoms with Gasteiger partial charge in [0.25, 0.3) is 5.91 Å². The van der Waals surface area contributed by atoms with Crippen LogP contribution in [0.3, 0.4) is 0 Å². The average molecular weight is 394 g/mol. The van der Waals surface area contributed by atoms with E-state index in [1.807, 2.05) is 49.4 Å². The van der Waals surface area contributed by atoms with Crippen molar-refractivity contribution < 1.29 is 9.53 Å². The molecule has 0 radical (unpaired) electrons. The van der Waals surface area contributed by atoms with E-state index in [0.717, 1.165) is 48.6 Å². The van der Waals surface area contributed by atoms with Crippen LogP contribution >= 0.6 is 0 Å². The molecule has 1 aromatic heterocycles. The minimum atomic E-state index is 0.145. The van der Waals surface area contributed by atoms with E-state index in [0.29, 0.717) is 18.7 Å². The zero-order chi connectivity index (χ0) is 20.2. The minimum absolute atomic E-state index is 0.145. The van der Waals surface area contributed by atoms with Gasteiger partial charge in [-0.25, -0.2) is 0 Å². The Kier molecular flexibility index (Phi) is 6.14. The molecular formula is C24H31N3O2. The first-order valence-electron chi connectivity index (χ1n) is 10.8. The molecule has 3 heterocycles. The van der Waals surface area contributed by atoms with Crippen LogP contribution in [0.4, 0.5) is 0 Å². The number of carbonyl (C=O) groups is 1. The van der Waals surface area contributed by atoms with Gasteiger partial charge in [0, 0.05) is 36.4 Å². The summed E-state index contributed by atoms with van der Waals surface area (Å²) in [4.78, 5) is 22.2. The van der Waals surface area contributed by atoms with Gasteiger partial charge in [0.15, 0.2) is 0 Å². The summed E-state index contributed by atoms with van der Waals surface area (Å²) < 4.78 is 5.83. The fourth-order valence-corrected chi connectivity index (χ4v) is 4.52. The van der Waals surface area contributed by atoms with Crippen LogP contribution in [0.2, 0.25) is 0 Å². The topological polar surface area (TPSA) is 45.7 Å². The highest BCUT2D eigenvalue weighted by atomic mass is 16.5. The Bertz CT molecular complexity index is 836. The van der Waals surface area contributed by atoms with Crippen molar-refractivity contribution in [1.82, 2.24) is 14.8 Å². The standard InChI is InChI=1S/C24H31N3O2/c1-18-6-3-8-21(25-18)17-29-23-12-10-20(11-13-23)24(28)27-15-5-9-22(27)16-26-14-4-7-19(26)2/h3,6,8,10-13,19,22H,4-5,7,9,14-17H2,1-2H3/t19-,22?/m0/s1. The van der Waals surface area contributed by atoms with Gasteiger partial charge >= 0.3 is 0 Å².